The van der Waals surface area contributed by atoms with Crippen LogP contribution in [-0.2, 0) is 16.1 Å². The van der Waals surface area contributed by atoms with E-state index in [4.69, 9.17) is 23.7 Å². The quantitative estimate of drug-likeness (QED) is 0.0813. The molecule has 1 heterocycles. The third-order valence-electron chi connectivity index (χ3n) is 6.87. The van der Waals surface area contributed by atoms with Gasteiger partial charge in [0.05, 0.1) is 54.8 Å². The predicted octanol–water partition coefficient (Wildman–Crippen LogP) is 4.43. The van der Waals surface area contributed by atoms with Crippen LogP contribution in [0.2, 0.25) is 0 Å². The molecule has 0 bridgehead atoms. The standard InChI is InChI=1S/C33H34BrN5O8/c1-5-45-26-14-21(30-29(32(41)44-4)19(2)37-33(42)38-30)10-11-25(26)46-18-28(40)39-36-16-20-12-24(34)31(27(13-20)43-3)47-17-23-9-7-6-8-22(23)15-35/h6-14,16,28,30,39-40H,5,17-18H2,1-4H3,(H2,37,38,42)/b36-16-/t28-,30-/m1/s1. The minimum atomic E-state index is -1.19. The average molecular weight is 709 g/mol. The number of allylic oxidation sites excluding steroid dienone is 1. The van der Waals surface area contributed by atoms with Crippen molar-refractivity contribution in [2.45, 2.75) is 32.7 Å². The predicted molar refractivity (Wildman–Crippen MR) is 175 cm³/mol. The Morgan fingerprint density at radius 2 is 1.91 bits per heavy atom. The lowest BCUT2D eigenvalue weighted by Crippen LogP contribution is -2.45. The number of urea groups is 1. The highest BCUT2D eigenvalue weighted by Gasteiger charge is 2.32. The number of rotatable bonds is 14. The molecule has 1 aliphatic heterocycles. The molecule has 3 aromatic carbocycles. The second kappa shape index (κ2) is 16.3. The minimum Gasteiger partial charge on any atom is -0.493 e. The first-order valence-electron chi connectivity index (χ1n) is 14.4. The number of benzene rings is 3. The third kappa shape index (κ3) is 8.72. The van der Waals surface area contributed by atoms with Crippen LogP contribution in [0, 0.1) is 11.3 Å². The summed E-state index contributed by atoms with van der Waals surface area (Å²) < 4.78 is 28.6. The van der Waals surface area contributed by atoms with Gasteiger partial charge in [-0.25, -0.2) is 9.59 Å². The largest absolute Gasteiger partial charge is 0.493 e. The summed E-state index contributed by atoms with van der Waals surface area (Å²) in [5.41, 5.74) is 5.74. The Bertz CT molecular complexity index is 1720. The van der Waals surface area contributed by atoms with Gasteiger partial charge < -0.3 is 39.4 Å². The molecule has 4 N–H and O–H groups in total. The fourth-order valence-corrected chi connectivity index (χ4v) is 5.25. The third-order valence-corrected chi connectivity index (χ3v) is 7.46. The van der Waals surface area contributed by atoms with Crippen molar-refractivity contribution < 1.29 is 38.4 Å². The van der Waals surface area contributed by atoms with Crippen molar-refractivity contribution in [3.05, 3.63) is 92.6 Å². The van der Waals surface area contributed by atoms with Crippen molar-refractivity contribution in [3.8, 4) is 29.1 Å². The van der Waals surface area contributed by atoms with Crippen LogP contribution in [0.1, 0.15) is 42.1 Å². The zero-order chi connectivity index (χ0) is 33.9. The summed E-state index contributed by atoms with van der Waals surface area (Å²) in [6.07, 6.45) is 0.307. The van der Waals surface area contributed by atoms with Gasteiger partial charge in [-0.3, -0.25) is 5.43 Å². The first kappa shape index (κ1) is 34.6. The van der Waals surface area contributed by atoms with Gasteiger partial charge in [0.15, 0.2) is 29.2 Å². The van der Waals surface area contributed by atoms with Crippen LogP contribution in [0.25, 0.3) is 0 Å². The number of aliphatic hydroxyl groups excluding tert-OH is 1. The summed E-state index contributed by atoms with van der Waals surface area (Å²) in [5, 5.41) is 29.3. The maximum Gasteiger partial charge on any atom is 0.337 e. The number of amides is 2. The molecule has 2 atom stereocenters. The van der Waals surface area contributed by atoms with Gasteiger partial charge in [0, 0.05) is 11.3 Å². The molecule has 14 heteroatoms. The fourth-order valence-electron chi connectivity index (χ4n) is 4.68. The summed E-state index contributed by atoms with van der Waals surface area (Å²) in [6.45, 7) is 3.73. The summed E-state index contributed by atoms with van der Waals surface area (Å²) in [6, 6.07) is 16.6. The van der Waals surface area contributed by atoms with Crippen molar-refractivity contribution in [2.24, 2.45) is 5.10 Å². The molecular formula is C33H34BrN5O8. The summed E-state index contributed by atoms with van der Waals surface area (Å²) >= 11 is 3.51. The van der Waals surface area contributed by atoms with E-state index < -0.39 is 24.3 Å². The highest BCUT2D eigenvalue weighted by molar-refractivity contribution is 9.10. The lowest BCUT2D eigenvalue weighted by Gasteiger charge is -2.28. The number of carbonyl (C=O) groups is 2. The number of ether oxygens (including phenoxy) is 5. The van der Waals surface area contributed by atoms with Crippen LogP contribution >= 0.6 is 15.9 Å². The molecule has 3 aromatic rings. The minimum absolute atomic E-state index is 0.174. The normalized spacial score (nSPS) is 14.8. The van der Waals surface area contributed by atoms with Crippen molar-refractivity contribution in [3.63, 3.8) is 0 Å². The van der Waals surface area contributed by atoms with Gasteiger partial charge >= 0.3 is 12.0 Å². The molecule has 0 saturated carbocycles. The van der Waals surface area contributed by atoms with Gasteiger partial charge in [-0.05, 0) is 71.2 Å². The average Bonchev–Trinajstić information content (AvgIpc) is 3.06. The number of nitrogens with one attached hydrogen (secondary N) is 3. The zero-order valence-electron chi connectivity index (χ0n) is 26.1. The number of nitrogens with zero attached hydrogens (tertiary/aromatic N) is 2. The van der Waals surface area contributed by atoms with Crippen molar-refractivity contribution in [2.75, 3.05) is 27.4 Å². The number of esters is 1. The first-order chi connectivity index (χ1) is 22.7. The van der Waals surface area contributed by atoms with E-state index in [-0.39, 0.29) is 18.8 Å². The molecular weight excluding hydrogens is 674 g/mol. The molecule has 4 rings (SSSR count). The van der Waals surface area contributed by atoms with Gasteiger partial charge in [0.1, 0.15) is 13.2 Å². The summed E-state index contributed by atoms with van der Waals surface area (Å²) in [5.74, 6) is 1.01. The van der Waals surface area contributed by atoms with E-state index in [9.17, 15) is 20.0 Å². The maximum atomic E-state index is 12.5. The van der Waals surface area contributed by atoms with Gasteiger partial charge in [-0.1, -0.05) is 24.3 Å². The van der Waals surface area contributed by atoms with Gasteiger partial charge in [0.25, 0.3) is 0 Å². The summed E-state index contributed by atoms with van der Waals surface area (Å²) in [7, 11) is 2.78. The van der Waals surface area contributed by atoms with Crippen molar-refractivity contribution in [1.82, 2.24) is 16.1 Å². The number of nitriles is 1. The van der Waals surface area contributed by atoms with Gasteiger partial charge in [0.2, 0.25) is 0 Å². The number of hydrogen-bond acceptors (Lipinski definition) is 11. The number of hydrazone groups is 1. The van der Waals surface area contributed by atoms with E-state index in [1.807, 2.05) is 12.1 Å². The van der Waals surface area contributed by atoms with E-state index >= 15 is 0 Å². The van der Waals surface area contributed by atoms with E-state index in [0.29, 0.717) is 56.5 Å². The molecule has 246 valence electrons. The highest BCUT2D eigenvalue weighted by Crippen LogP contribution is 2.37. The molecule has 0 unspecified atom stereocenters. The van der Waals surface area contributed by atoms with Crippen LogP contribution in [-0.4, -0.2) is 57.0 Å². The Morgan fingerprint density at radius 3 is 2.64 bits per heavy atom. The van der Waals surface area contributed by atoms with E-state index in [1.54, 1.807) is 56.3 Å². The Morgan fingerprint density at radius 1 is 1.13 bits per heavy atom. The van der Waals surface area contributed by atoms with E-state index in [0.717, 1.165) is 5.56 Å². The van der Waals surface area contributed by atoms with Crippen LogP contribution in [0.15, 0.2) is 75.4 Å². The molecule has 0 fully saturated rings. The lowest BCUT2D eigenvalue weighted by atomic mass is 9.95. The SMILES string of the molecule is CCOc1cc([C@H]2NC(=O)NC(C)=C2C(=O)OC)ccc1OC[C@@H](O)N/N=C\c1cc(Br)c(OCc2ccccc2C#N)c(OC)c1. The maximum absolute atomic E-state index is 12.5. The van der Waals surface area contributed by atoms with Crippen LogP contribution < -0.4 is 35.0 Å². The molecule has 13 nitrogen and oxygen atoms in total. The van der Waals surface area contributed by atoms with Crippen molar-refractivity contribution in [1.29, 1.82) is 5.26 Å². The van der Waals surface area contributed by atoms with Crippen molar-refractivity contribution >= 4 is 34.1 Å². The monoisotopic (exact) mass is 707 g/mol. The molecule has 0 aromatic heterocycles. The Kier molecular flexibility index (Phi) is 12.0. The van der Waals surface area contributed by atoms with Crippen LogP contribution in [0.5, 0.6) is 23.0 Å². The first-order valence-corrected chi connectivity index (χ1v) is 15.2. The number of methoxy groups -OCH3 is 2. The highest BCUT2D eigenvalue weighted by atomic mass is 79.9. The van der Waals surface area contributed by atoms with Crippen LogP contribution in [0.4, 0.5) is 4.79 Å². The molecule has 0 aliphatic carbocycles. The van der Waals surface area contributed by atoms with Gasteiger partial charge in [-0.2, -0.15) is 10.4 Å². The van der Waals surface area contributed by atoms with E-state index in [1.165, 1.54) is 20.4 Å². The topological polar surface area (TPSA) is 173 Å². The number of halogens is 1. The molecule has 0 spiro atoms. The lowest BCUT2D eigenvalue weighted by molar-refractivity contribution is -0.136. The molecule has 47 heavy (non-hydrogen) atoms. The smallest absolute Gasteiger partial charge is 0.337 e. The molecule has 1 aliphatic rings. The van der Waals surface area contributed by atoms with E-state index in [2.05, 4.69) is 43.2 Å². The number of aliphatic hydroxyl groups is 1. The molecule has 0 radical (unpaired) electrons. The Hall–Kier alpha value is -5.26. The van der Waals surface area contributed by atoms with Crippen LogP contribution in [0.3, 0.4) is 0 Å². The number of carbonyl (C=O) groups excluding carboxylic acids is 2. The zero-order valence-corrected chi connectivity index (χ0v) is 27.7. The second-order valence-electron chi connectivity index (χ2n) is 10.0. The molecule has 2 amide bonds. The Labute approximate surface area is 280 Å². The second-order valence-corrected chi connectivity index (χ2v) is 10.9. The Balaban J connectivity index is 1.39. The fraction of sp³-hybridized carbons (Fsp3) is 0.273. The molecule has 0 saturated heterocycles. The van der Waals surface area contributed by atoms with Gasteiger partial charge in [-0.15, -0.1) is 0 Å². The summed E-state index contributed by atoms with van der Waals surface area (Å²) in [4.78, 5) is 24.6. The number of hydrogen-bond donors (Lipinski definition) is 4.